The Morgan fingerprint density at radius 3 is 1.28 bits per heavy atom. The zero-order valence-electron chi connectivity index (χ0n) is 31.0. The Morgan fingerprint density at radius 2 is 0.913 bits per heavy atom. The fourth-order valence-electron chi connectivity index (χ4n) is 6.12. The van der Waals surface area contributed by atoms with Gasteiger partial charge in [0.25, 0.3) is 0 Å². The number of allylic oxidation sites excluding steroid dienone is 2. The van der Waals surface area contributed by atoms with Crippen molar-refractivity contribution in [1.82, 2.24) is 10.2 Å². The third kappa shape index (κ3) is 31.2. The van der Waals surface area contributed by atoms with E-state index in [1.807, 2.05) is 4.90 Å². The predicted octanol–water partition coefficient (Wildman–Crippen LogP) is 10.1. The van der Waals surface area contributed by atoms with Gasteiger partial charge in [0, 0.05) is 13.1 Å². The van der Waals surface area contributed by atoms with E-state index in [0.717, 1.165) is 32.4 Å². The maximum Gasteiger partial charge on any atom is 0.241 e. The van der Waals surface area contributed by atoms with E-state index in [2.05, 4.69) is 31.3 Å². The van der Waals surface area contributed by atoms with Crippen molar-refractivity contribution < 1.29 is 9.59 Å². The number of hydrogen-bond donors (Lipinski definition) is 3. The second-order valence-electron chi connectivity index (χ2n) is 13.8. The van der Waals surface area contributed by atoms with Crippen LogP contribution in [0.25, 0.3) is 0 Å². The highest BCUT2D eigenvalue weighted by Gasteiger charge is 2.17. The molecule has 0 saturated heterocycles. The van der Waals surface area contributed by atoms with E-state index in [0.29, 0.717) is 13.0 Å². The standard InChI is InChI=1S/C40H80N4O2/c1-3-5-7-9-11-13-15-17-19-20-22-24-26-28-30-32-36-44(39(45)37-43-40(46)38(42)33-34-41)35-31-29-27-25-23-21-18-16-14-12-10-8-6-4-2/h17,19,38H,3-16,18,20-37,41-42H2,1-2H3,(H,43,46)/b19-17-. The van der Waals surface area contributed by atoms with Gasteiger partial charge in [-0.2, -0.15) is 0 Å². The highest BCUT2D eigenvalue weighted by molar-refractivity contribution is 5.87. The molecule has 2 amide bonds. The Kier molecular flexibility index (Phi) is 35.3. The average molecular weight is 649 g/mol. The molecule has 5 N–H and O–H groups in total. The summed E-state index contributed by atoms with van der Waals surface area (Å²) in [6.07, 6.45) is 41.7. The predicted molar refractivity (Wildman–Crippen MR) is 201 cm³/mol. The summed E-state index contributed by atoms with van der Waals surface area (Å²) < 4.78 is 0. The second kappa shape index (κ2) is 36.4. The molecular weight excluding hydrogens is 568 g/mol. The smallest absolute Gasteiger partial charge is 0.241 e. The minimum Gasteiger partial charge on any atom is -0.346 e. The van der Waals surface area contributed by atoms with Gasteiger partial charge in [0.2, 0.25) is 11.8 Å². The van der Waals surface area contributed by atoms with Crippen LogP contribution in [0.3, 0.4) is 0 Å². The van der Waals surface area contributed by atoms with Crippen LogP contribution in [0.4, 0.5) is 0 Å². The van der Waals surface area contributed by atoms with Crippen LogP contribution >= 0.6 is 0 Å². The first-order chi connectivity index (χ1) is 22.6. The molecule has 0 rings (SSSR count). The van der Waals surface area contributed by atoms with Gasteiger partial charge in [-0.05, 0) is 51.5 Å². The number of carbonyl (C=O) groups excluding carboxylic acids is 2. The summed E-state index contributed by atoms with van der Waals surface area (Å²) in [6, 6.07) is -0.646. The number of carbonyl (C=O) groups is 2. The van der Waals surface area contributed by atoms with E-state index in [4.69, 9.17) is 11.5 Å². The van der Waals surface area contributed by atoms with Crippen LogP contribution < -0.4 is 16.8 Å². The number of nitrogens with one attached hydrogen (secondary N) is 1. The van der Waals surface area contributed by atoms with Crippen molar-refractivity contribution >= 4 is 11.8 Å². The van der Waals surface area contributed by atoms with Crippen LogP contribution in [0.5, 0.6) is 0 Å². The fourth-order valence-corrected chi connectivity index (χ4v) is 6.12. The number of nitrogens with zero attached hydrogens (tertiary/aromatic N) is 1. The number of amides is 2. The lowest BCUT2D eigenvalue weighted by Crippen LogP contribution is -2.47. The first-order valence-electron chi connectivity index (χ1n) is 20.2. The molecular formula is C40H80N4O2. The molecule has 272 valence electrons. The third-order valence-electron chi connectivity index (χ3n) is 9.30. The SMILES string of the molecule is CCCCCCCC/C=C\CCCCCCCCN(CCCCCCCCCCCCCCCC)C(=O)CNC(=O)C(N)CCN. The van der Waals surface area contributed by atoms with Crippen LogP contribution in [0, 0.1) is 0 Å². The number of unbranched alkanes of at least 4 members (excludes halogenated alkanes) is 25. The van der Waals surface area contributed by atoms with Gasteiger partial charge in [0.1, 0.15) is 0 Å². The number of rotatable bonds is 36. The first kappa shape index (κ1) is 44.6. The minimum atomic E-state index is -0.646. The lowest BCUT2D eigenvalue weighted by atomic mass is 10.0. The van der Waals surface area contributed by atoms with Gasteiger partial charge >= 0.3 is 0 Å². The number of nitrogens with two attached hydrogens (primary N) is 2. The highest BCUT2D eigenvalue weighted by Crippen LogP contribution is 2.14. The molecule has 0 spiro atoms. The molecule has 0 aliphatic carbocycles. The monoisotopic (exact) mass is 649 g/mol. The first-order valence-corrected chi connectivity index (χ1v) is 20.2. The quantitative estimate of drug-likeness (QED) is 0.0465. The summed E-state index contributed by atoms with van der Waals surface area (Å²) in [6.45, 7) is 6.51. The van der Waals surface area contributed by atoms with Crippen molar-refractivity contribution in [1.29, 1.82) is 0 Å². The van der Waals surface area contributed by atoms with Gasteiger partial charge in [0.15, 0.2) is 0 Å². The van der Waals surface area contributed by atoms with Crippen molar-refractivity contribution in [3.05, 3.63) is 12.2 Å². The summed E-state index contributed by atoms with van der Waals surface area (Å²) in [5, 5.41) is 2.74. The van der Waals surface area contributed by atoms with Crippen molar-refractivity contribution in [3.8, 4) is 0 Å². The summed E-state index contributed by atoms with van der Waals surface area (Å²) in [4.78, 5) is 27.2. The molecule has 6 heteroatoms. The molecule has 1 unspecified atom stereocenters. The maximum atomic E-state index is 13.0. The average Bonchev–Trinajstić information content (AvgIpc) is 3.06. The van der Waals surface area contributed by atoms with Crippen LogP contribution in [0.15, 0.2) is 12.2 Å². The minimum absolute atomic E-state index is 0.00994. The Bertz CT molecular complexity index is 684. The van der Waals surface area contributed by atoms with Crippen LogP contribution in [-0.4, -0.2) is 48.9 Å². The summed E-state index contributed by atoms with van der Waals surface area (Å²) in [5.41, 5.74) is 11.4. The molecule has 0 heterocycles. The zero-order valence-corrected chi connectivity index (χ0v) is 31.0. The van der Waals surface area contributed by atoms with Gasteiger partial charge in [-0.25, -0.2) is 0 Å². The number of hydrogen-bond acceptors (Lipinski definition) is 4. The van der Waals surface area contributed by atoms with E-state index < -0.39 is 6.04 Å². The van der Waals surface area contributed by atoms with Crippen molar-refractivity contribution in [3.63, 3.8) is 0 Å². The largest absolute Gasteiger partial charge is 0.346 e. The molecule has 0 aromatic heterocycles. The zero-order chi connectivity index (χ0) is 33.8. The van der Waals surface area contributed by atoms with Gasteiger partial charge in [0.05, 0.1) is 12.6 Å². The molecule has 0 aliphatic heterocycles. The maximum absolute atomic E-state index is 13.0. The highest BCUT2D eigenvalue weighted by atomic mass is 16.2. The molecule has 46 heavy (non-hydrogen) atoms. The van der Waals surface area contributed by atoms with E-state index in [1.54, 1.807) is 0 Å². The van der Waals surface area contributed by atoms with Crippen molar-refractivity contribution in [2.75, 3.05) is 26.2 Å². The van der Waals surface area contributed by atoms with Gasteiger partial charge < -0.3 is 21.7 Å². The third-order valence-corrected chi connectivity index (χ3v) is 9.30. The topological polar surface area (TPSA) is 101 Å². The molecule has 6 nitrogen and oxygen atoms in total. The fraction of sp³-hybridized carbons (Fsp3) is 0.900. The van der Waals surface area contributed by atoms with Gasteiger partial charge in [-0.3, -0.25) is 9.59 Å². The lowest BCUT2D eigenvalue weighted by molar-refractivity contribution is -0.133. The van der Waals surface area contributed by atoms with Crippen LogP contribution in [0.2, 0.25) is 0 Å². The van der Waals surface area contributed by atoms with Crippen molar-refractivity contribution in [2.45, 2.75) is 206 Å². The second-order valence-corrected chi connectivity index (χ2v) is 13.8. The van der Waals surface area contributed by atoms with Crippen molar-refractivity contribution in [2.24, 2.45) is 11.5 Å². The molecule has 0 bridgehead atoms. The summed E-state index contributed by atoms with van der Waals surface area (Å²) in [5.74, 6) is -0.275. The summed E-state index contributed by atoms with van der Waals surface area (Å²) >= 11 is 0. The van der Waals surface area contributed by atoms with E-state index in [9.17, 15) is 9.59 Å². The van der Waals surface area contributed by atoms with E-state index >= 15 is 0 Å². The van der Waals surface area contributed by atoms with Gasteiger partial charge in [-0.15, -0.1) is 0 Å². The van der Waals surface area contributed by atoms with Crippen LogP contribution in [-0.2, 0) is 9.59 Å². The molecule has 1 atom stereocenters. The molecule has 0 radical (unpaired) electrons. The molecule has 0 aromatic carbocycles. The van der Waals surface area contributed by atoms with Crippen LogP contribution in [0.1, 0.15) is 200 Å². The lowest BCUT2D eigenvalue weighted by Gasteiger charge is -2.23. The Morgan fingerprint density at radius 1 is 0.565 bits per heavy atom. The van der Waals surface area contributed by atoms with E-state index in [-0.39, 0.29) is 18.4 Å². The Balaban J connectivity index is 4.12. The Hall–Kier alpha value is -1.40. The normalized spacial score (nSPS) is 12.2. The Labute approximate surface area is 287 Å². The summed E-state index contributed by atoms with van der Waals surface area (Å²) in [7, 11) is 0. The molecule has 0 aliphatic rings. The molecule has 0 fully saturated rings. The molecule has 0 aromatic rings. The van der Waals surface area contributed by atoms with Gasteiger partial charge in [-0.1, -0.05) is 167 Å². The van der Waals surface area contributed by atoms with E-state index in [1.165, 1.54) is 161 Å². The molecule has 0 saturated carbocycles.